The first-order chi connectivity index (χ1) is 18.0. The van der Waals surface area contributed by atoms with Gasteiger partial charge in [-0.3, -0.25) is 0 Å². The molecular weight excluding hydrogens is 464 g/mol. The lowest BCUT2D eigenvalue weighted by Gasteiger charge is -2.15. The van der Waals surface area contributed by atoms with Crippen LogP contribution in [0, 0.1) is 0 Å². The van der Waals surface area contributed by atoms with Gasteiger partial charge in [0.1, 0.15) is 0 Å². The van der Waals surface area contributed by atoms with E-state index in [1.165, 1.54) is 0 Å². The molecule has 2 aliphatic carbocycles. The van der Waals surface area contributed by atoms with Gasteiger partial charge in [-0.1, -0.05) is 97.1 Å². The zero-order valence-corrected chi connectivity index (χ0v) is 20.1. The van der Waals surface area contributed by atoms with Crippen LogP contribution in [0.4, 0.5) is 0 Å². The molecule has 2 aliphatic rings. The van der Waals surface area contributed by atoms with Crippen molar-refractivity contribution in [3.63, 3.8) is 0 Å². The first kappa shape index (κ1) is 24.0. The Labute approximate surface area is 214 Å². The predicted molar refractivity (Wildman–Crippen MR) is 144 cm³/mol. The van der Waals surface area contributed by atoms with Crippen LogP contribution in [-0.4, -0.2) is 33.9 Å². The number of carboxylic acids is 2. The summed E-state index contributed by atoms with van der Waals surface area (Å²) in [5.41, 5.74) is 6.94. The summed E-state index contributed by atoms with van der Waals surface area (Å²) in [7, 11) is 0. The van der Waals surface area contributed by atoms with Gasteiger partial charge in [0.15, 0.2) is 0 Å². The van der Waals surface area contributed by atoms with Gasteiger partial charge >= 0.3 is 11.9 Å². The smallest absolute Gasteiger partial charge is 0.337 e. The Morgan fingerprint density at radius 1 is 0.486 bits per heavy atom. The number of aliphatic carboxylic acids is 2. The fourth-order valence-corrected chi connectivity index (χ4v) is 5.25. The van der Waals surface area contributed by atoms with E-state index in [0.717, 1.165) is 44.5 Å². The Morgan fingerprint density at radius 3 is 0.865 bits per heavy atom. The molecule has 0 amide bonds. The molecule has 0 aromatic heterocycles. The van der Waals surface area contributed by atoms with E-state index in [0.29, 0.717) is 11.1 Å². The van der Waals surface area contributed by atoms with Gasteiger partial charge in [-0.2, -0.15) is 0 Å². The largest absolute Gasteiger partial charge is 0.478 e. The number of carbonyl (C=O) groups is 2. The van der Waals surface area contributed by atoms with Crippen molar-refractivity contribution in [2.75, 3.05) is 6.61 Å². The lowest BCUT2D eigenvalue weighted by Crippen LogP contribution is -2.15. The van der Waals surface area contributed by atoms with Crippen molar-refractivity contribution < 1.29 is 24.9 Å². The number of aliphatic hydroxyl groups excluding tert-OH is 1. The van der Waals surface area contributed by atoms with Gasteiger partial charge in [0.2, 0.25) is 0 Å². The average Bonchev–Trinajstić information content (AvgIpc) is 3.41. The van der Waals surface area contributed by atoms with E-state index >= 15 is 0 Å². The highest BCUT2D eigenvalue weighted by atomic mass is 16.4. The topological polar surface area (TPSA) is 94.8 Å². The molecule has 0 unspecified atom stereocenters. The minimum atomic E-state index is -1.27. The minimum absolute atomic E-state index is 0.202. The highest BCUT2D eigenvalue weighted by Crippen LogP contribution is 2.50. The maximum absolute atomic E-state index is 12.9. The summed E-state index contributed by atoms with van der Waals surface area (Å²) >= 11 is 0. The van der Waals surface area contributed by atoms with Crippen LogP contribution in [0.25, 0.3) is 33.4 Å². The Kier molecular flexibility index (Phi) is 6.30. The van der Waals surface area contributed by atoms with Crippen LogP contribution in [0.15, 0.2) is 108 Å². The Hall–Kier alpha value is -4.74. The van der Waals surface area contributed by atoms with Crippen LogP contribution in [0.3, 0.4) is 0 Å². The molecule has 3 N–H and O–H groups in total. The summed E-state index contributed by atoms with van der Waals surface area (Å²) < 4.78 is 0. The van der Waals surface area contributed by atoms with E-state index in [2.05, 4.69) is 0 Å². The maximum atomic E-state index is 12.9. The molecule has 0 heterocycles. The Bertz CT molecular complexity index is 1410. The Morgan fingerprint density at radius 2 is 0.676 bits per heavy atom. The van der Waals surface area contributed by atoms with E-state index in [-0.39, 0.29) is 17.8 Å². The van der Waals surface area contributed by atoms with Crippen molar-refractivity contribution in [2.45, 2.75) is 6.92 Å². The quantitative estimate of drug-likeness (QED) is 0.261. The van der Waals surface area contributed by atoms with E-state index in [1.54, 1.807) is 6.92 Å². The zero-order valence-electron chi connectivity index (χ0n) is 20.1. The number of rotatable bonds is 3. The lowest BCUT2D eigenvalue weighted by molar-refractivity contribution is -0.136. The zero-order chi connectivity index (χ0) is 26.1. The predicted octanol–water partition coefficient (Wildman–Crippen LogP) is 6.12. The molecule has 37 heavy (non-hydrogen) atoms. The fraction of sp³-hybridized carbons (Fsp3) is 0.0625. The van der Waals surface area contributed by atoms with Gasteiger partial charge in [0.05, 0.1) is 11.1 Å². The van der Waals surface area contributed by atoms with Crippen molar-refractivity contribution >= 4 is 23.1 Å². The monoisotopic (exact) mass is 488 g/mol. The van der Waals surface area contributed by atoms with Crippen LogP contribution in [-0.2, 0) is 9.59 Å². The van der Waals surface area contributed by atoms with Gasteiger partial charge in [0.25, 0.3) is 0 Å². The molecule has 0 spiro atoms. The van der Waals surface area contributed by atoms with Crippen molar-refractivity contribution in [2.24, 2.45) is 0 Å². The lowest BCUT2D eigenvalue weighted by atomic mass is 9.87. The second-order valence-electron chi connectivity index (χ2n) is 8.61. The third-order valence-corrected chi connectivity index (χ3v) is 6.54. The molecule has 0 atom stereocenters. The molecule has 4 aromatic carbocycles. The summed E-state index contributed by atoms with van der Waals surface area (Å²) in [6.07, 6.45) is 0. The van der Waals surface area contributed by atoms with Crippen molar-refractivity contribution in [1.29, 1.82) is 0 Å². The number of fused-ring (bicyclic) bond motifs is 6. The molecule has 182 valence electrons. The normalized spacial score (nSPS) is 11.9. The van der Waals surface area contributed by atoms with E-state index < -0.39 is 11.9 Å². The summed E-state index contributed by atoms with van der Waals surface area (Å²) in [5, 5.41) is 28.6. The van der Waals surface area contributed by atoms with Gasteiger partial charge in [0, 0.05) is 17.8 Å². The molecule has 0 fully saturated rings. The van der Waals surface area contributed by atoms with Gasteiger partial charge in [-0.25, -0.2) is 9.59 Å². The van der Waals surface area contributed by atoms with Crippen LogP contribution < -0.4 is 0 Å². The fourth-order valence-electron chi connectivity index (χ4n) is 5.25. The molecule has 0 aliphatic heterocycles. The second-order valence-corrected chi connectivity index (χ2v) is 8.61. The van der Waals surface area contributed by atoms with Crippen LogP contribution in [0.2, 0.25) is 0 Å². The summed E-state index contributed by atoms with van der Waals surface area (Å²) in [4.78, 5) is 25.8. The molecule has 0 radical (unpaired) electrons. The second kappa shape index (κ2) is 9.72. The SMILES string of the molecule is CCO.O=C(O)C(C(C(=O)O)=C1c2ccccc2-c2ccccc21)=C1c2ccccc2-c2ccccc21. The molecule has 0 saturated heterocycles. The summed E-state index contributed by atoms with van der Waals surface area (Å²) in [6, 6.07) is 30.2. The van der Waals surface area contributed by atoms with Gasteiger partial charge in [-0.15, -0.1) is 0 Å². The first-order valence-electron chi connectivity index (χ1n) is 11.9. The molecule has 4 aromatic rings. The Balaban J connectivity index is 0.000000892. The molecule has 5 nitrogen and oxygen atoms in total. The molecular formula is C32H24O5. The average molecular weight is 489 g/mol. The number of benzene rings is 4. The molecule has 0 saturated carbocycles. The number of hydrogen-bond acceptors (Lipinski definition) is 3. The summed E-state index contributed by atoms with van der Waals surface area (Å²) in [5.74, 6) is -2.54. The van der Waals surface area contributed by atoms with E-state index in [1.807, 2.05) is 97.1 Å². The summed E-state index contributed by atoms with van der Waals surface area (Å²) in [6.45, 7) is 1.93. The van der Waals surface area contributed by atoms with E-state index in [4.69, 9.17) is 5.11 Å². The first-order valence-corrected chi connectivity index (χ1v) is 11.9. The maximum Gasteiger partial charge on any atom is 0.337 e. The third-order valence-electron chi connectivity index (χ3n) is 6.54. The molecule has 0 bridgehead atoms. The highest BCUT2D eigenvalue weighted by Gasteiger charge is 2.36. The van der Waals surface area contributed by atoms with E-state index in [9.17, 15) is 19.8 Å². The minimum Gasteiger partial charge on any atom is -0.478 e. The van der Waals surface area contributed by atoms with Crippen LogP contribution in [0.5, 0.6) is 0 Å². The standard InChI is InChI=1S/C30H18O4.C2H6O/c31-29(32)27(25-21-13-5-1-9-17(21)18-10-2-6-14-22(18)25)28(30(33)34)26-23-15-7-3-11-19(23)20-12-4-8-16-24(20)26;1-2-3/h1-16H,(H,31,32)(H,33,34);3H,2H2,1H3. The van der Waals surface area contributed by atoms with Crippen molar-refractivity contribution in [3.05, 3.63) is 130 Å². The number of hydrogen-bond donors (Lipinski definition) is 3. The van der Waals surface area contributed by atoms with Crippen molar-refractivity contribution in [3.8, 4) is 22.3 Å². The highest BCUT2D eigenvalue weighted by molar-refractivity contribution is 6.22. The molecule has 6 rings (SSSR count). The van der Waals surface area contributed by atoms with Gasteiger partial charge in [-0.05, 0) is 51.4 Å². The van der Waals surface area contributed by atoms with Crippen molar-refractivity contribution in [1.82, 2.24) is 0 Å². The number of carboxylic acid groups (broad SMARTS) is 2. The third kappa shape index (κ3) is 3.86. The van der Waals surface area contributed by atoms with Crippen LogP contribution in [0.1, 0.15) is 29.2 Å². The molecule has 5 heteroatoms. The van der Waals surface area contributed by atoms with Crippen LogP contribution >= 0.6 is 0 Å². The van der Waals surface area contributed by atoms with Gasteiger partial charge < -0.3 is 15.3 Å². The number of aliphatic hydroxyl groups is 1.